The Labute approximate surface area is 126 Å². The average molecular weight is 308 g/mol. The van der Waals surface area contributed by atoms with Gasteiger partial charge >= 0.3 is 5.97 Å². The third-order valence-corrected chi connectivity index (χ3v) is 3.45. The third-order valence-electron chi connectivity index (χ3n) is 3.45. The highest BCUT2D eigenvalue weighted by Gasteiger charge is 2.40. The molecule has 0 aromatic carbocycles. The largest absolute Gasteiger partial charge is 0.355 e. The molecular formula is C14H16N2O6. The van der Waals surface area contributed by atoms with E-state index < -0.39 is 35.6 Å². The van der Waals surface area contributed by atoms with Crippen molar-refractivity contribution in [3.63, 3.8) is 0 Å². The monoisotopic (exact) mass is 308 g/mol. The molecule has 0 saturated carbocycles. The van der Waals surface area contributed by atoms with Gasteiger partial charge in [0.05, 0.1) is 0 Å². The molecule has 0 bridgehead atoms. The molecule has 0 N–H and O–H groups in total. The summed E-state index contributed by atoms with van der Waals surface area (Å²) in [7, 11) is 0. The fourth-order valence-corrected chi connectivity index (χ4v) is 2.28. The first-order valence-corrected chi connectivity index (χ1v) is 7.08. The van der Waals surface area contributed by atoms with E-state index in [2.05, 4.69) is 0 Å². The van der Waals surface area contributed by atoms with Gasteiger partial charge in [-0.2, -0.15) is 0 Å². The van der Waals surface area contributed by atoms with Crippen molar-refractivity contribution in [2.75, 3.05) is 0 Å². The van der Waals surface area contributed by atoms with Crippen molar-refractivity contribution in [2.45, 2.75) is 45.1 Å². The second-order valence-electron chi connectivity index (χ2n) is 5.03. The molecule has 0 aromatic heterocycles. The number of hydroxylamine groups is 2. The second-order valence-corrected chi connectivity index (χ2v) is 5.03. The van der Waals surface area contributed by atoms with Crippen LogP contribution >= 0.6 is 0 Å². The predicted octanol–water partition coefficient (Wildman–Crippen LogP) is 0.0774. The first kappa shape index (κ1) is 15.9. The van der Waals surface area contributed by atoms with Crippen LogP contribution in [0.1, 0.15) is 39.0 Å². The number of carbonyl (C=O) groups excluding carboxylic acids is 5. The van der Waals surface area contributed by atoms with E-state index >= 15 is 0 Å². The van der Waals surface area contributed by atoms with Crippen molar-refractivity contribution < 1.29 is 28.8 Å². The lowest BCUT2D eigenvalue weighted by Crippen LogP contribution is -2.48. The zero-order valence-electron chi connectivity index (χ0n) is 12.1. The molecule has 0 spiro atoms. The van der Waals surface area contributed by atoms with Gasteiger partial charge in [-0.1, -0.05) is 19.8 Å². The van der Waals surface area contributed by atoms with E-state index in [1.54, 1.807) is 0 Å². The Morgan fingerprint density at radius 2 is 1.68 bits per heavy atom. The minimum Gasteiger partial charge on any atom is -0.328 e. The number of imide groups is 2. The van der Waals surface area contributed by atoms with Gasteiger partial charge in [-0.3, -0.25) is 24.1 Å². The summed E-state index contributed by atoms with van der Waals surface area (Å²) >= 11 is 0. The van der Waals surface area contributed by atoms with Crippen molar-refractivity contribution in [3.05, 3.63) is 12.2 Å². The zero-order valence-corrected chi connectivity index (χ0v) is 12.1. The van der Waals surface area contributed by atoms with Crippen LogP contribution in [0, 0.1) is 0 Å². The smallest absolute Gasteiger partial charge is 0.328 e. The summed E-state index contributed by atoms with van der Waals surface area (Å²) in [6.45, 7) is 1.89. The van der Waals surface area contributed by atoms with E-state index in [0.29, 0.717) is 11.5 Å². The standard InChI is InChI=1S/C14H16N2O6/c1-2-3-4-9(15-10(17)5-6-11(15)18)14(21)22-16-12(19)7-8-13(16)20/h5-6,9H,2-4,7-8H2,1H3. The lowest BCUT2D eigenvalue weighted by Gasteiger charge is -2.25. The summed E-state index contributed by atoms with van der Waals surface area (Å²) in [5.74, 6) is -3.39. The van der Waals surface area contributed by atoms with E-state index in [1.165, 1.54) is 0 Å². The summed E-state index contributed by atoms with van der Waals surface area (Å²) in [5, 5.41) is 0.416. The number of rotatable bonds is 6. The molecule has 1 saturated heterocycles. The first-order valence-electron chi connectivity index (χ1n) is 7.08. The molecule has 8 nitrogen and oxygen atoms in total. The van der Waals surface area contributed by atoms with Crippen molar-refractivity contribution in [2.24, 2.45) is 0 Å². The molecule has 0 radical (unpaired) electrons. The van der Waals surface area contributed by atoms with Gasteiger partial charge in [-0.05, 0) is 6.42 Å². The molecule has 118 valence electrons. The van der Waals surface area contributed by atoms with Crippen LogP contribution < -0.4 is 0 Å². The third kappa shape index (κ3) is 3.05. The molecule has 8 heteroatoms. The van der Waals surface area contributed by atoms with Crippen LogP contribution in [0.5, 0.6) is 0 Å². The van der Waals surface area contributed by atoms with Crippen LogP contribution in [-0.4, -0.2) is 45.6 Å². The summed E-state index contributed by atoms with van der Waals surface area (Å²) in [4.78, 5) is 64.2. The normalized spacial score (nSPS) is 19.3. The van der Waals surface area contributed by atoms with Crippen LogP contribution in [-0.2, 0) is 28.8 Å². The second kappa shape index (κ2) is 6.50. The Bertz CT molecular complexity index is 534. The Kier molecular flexibility index (Phi) is 4.69. The van der Waals surface area contributed by atoms with Gasteiger partial charge in [0.2, 0.25) is 0 Å². The van der Waals surface area contributed by atoms with Gasteiger partial charge in [-0.15, -0.1) is 5.06 Å². The maximum atomic E-state index is 12.2. The molecule has 0 aromatic rings. The van der Waals surface area contributed by atoms with Gasteiger partial charge < -0.3 is 4.84 Å². The maximum Gasteiger partial charge on any atom is 0.355 e. The van der Waals surface area contributed by atoms with Crippen LogP contribution in [0.3, 0.4) is 0 Å². The minimum atomic E-state index is -1.14. The molecule has 2 aliphatic rings. The molecule has 4 amide bonds. The van der Waals surface area contributed by atoms with E-state index in [1.807, 2.05) is 6.92 Å². The minimum absolute atomic E-state index is 0.0190. The van der Waals surface area contributed by atoms with Crippen LogP contribution in [0.15, 0.2) is 12.2 Å². The summed E-state index contributed by atoms with van der Waals surface area (Å²) in [6.07, 6.45) is 3.64. The van der Waals surface area contributed by atoms with E-state index in [4.69, 9.17) is 4.84 Å². The topological polar surface area (TPSA) is 101 Å². The molecule has 0 aliphatic carbocycles. The fourth-order valence-electron chi connectivity index (χ4n) is 2.28. The predicted molar refractivity (Wildman–Crippen MR) is 71.5 cm³/mol. The highest BCUT2D eigenvalue weighted by atomic mass is 16.7. The van der Waals surface area contributed by atoms with E-state index in [0.717, 1.165) is 23.5 Å². The molecular weight excluding hydrogens is 292 g/mol. The van der Waals surface area contributed by atoms with Crippen molar-refractivity contribution >= 4 is 29.6 Å². The Hall–Kier alpha value is -2.51. The van der Waals surface area contributed by atoms with Gasteiger partial charge in [0.25, 0.3) is 23.6 Å². The Balaban J connectivity index is 2.13. The highest BCUT2D eigenvalue weighted by molar-refractivity contribution is 6.15. The van der Waals surface area contributed by atoms with Crippen LogP contribution in [0.4, 0.5) is 0 Å². The molecule has 2 heterocycles. The van der Waals surface area contributed by atoms with E-state index in [-0.39, 0.29) is 19.3 Å². The number of unbranched alkanes of at least 4 members (excludes halogenated alkanes) is 1. The van der Waals surface area contributed by atoms with Gasteiger partial charge in [0.1, 0.15) is 6.04 Å². The summed E-state index contributed by atoms with van der Waals surface area (Å²) in [6, 6.07) is -1.14. The number of carbonyl (C=O) groups is 5. The van der Waals surface area contributed by atoms with Gasteiger partial charge in [0, 0.05) is 25.0 Å². The van der Waals surface area contributed by atoms with Crippen LogP contribution in [0.25, 0.3) is 0 Å². The quantitative estimate of drug-likeness (QED) is 0.644. The average Bonchev–Trinajstić information content (AvgIpc) is 2.97. The zero-order chi connectivity index (χ0) is 16.3. The first-order chi connectivity index (χ1) is 10.5. The molecule has 2 rings (SSSR count). The van der Waals surface area contributed by atoms with Crippen molar-refractivity contribution in [3.8, 4) is 0 Å². The number of amides is 4. The number of hydrogen-bond acceptors (Lipinski definition) is 6. The SMILES string of the molecule is CCCCC(C(=O)ON1C(=O)CCC1=O)N1C(=O)C=CC1=O. The summed E-state index contributed by atoms with van der Waals surface area (Å²) < 4.78 is 0. The Morgan fingerprint density at radius 1 is 1.14 bits per heavy atom. The lowest BCUT2D eigenvalue weighted by atomic mass is 10.1. The van der Waals surface area contributed by atoms with E-state index in [9.17, 15) is 24.0 Å². The number of hydrogen-bond donors (Lipinski definition) is 0. The van der Waals surface area contributed by atoms with Gasteiger partial charge in [0.15, 0.2) is 0 Å². The van der Waals surface area contributed by atoms with Crippen LogP contribution in [0.2, 0.25) is 0 Å². The molecule has 22 heavy (non-hydrogen) atoms. The highest BCUT2D eigenvalue weighted by Crippen LogP contribution is 2.19. The number of nitrogens with zero attached hydrogens (tertiary/aromatic N) is 2. The summed E-state index contributed by atoms with van der Waals surface area (Å²) in [5.41, 5.74) is 0. The molecule has 1 atom stereocenters. The fraction of sp³-hybridized carbons (Fsp3) is 0.500. The maximum absolute atomic E-state index is 12.2. The molecule has 2 aliphatic heterocycles. The lowest BCUT2D eigenvalue weighted by molar-refractivity contribution is -0.201. The van der Waals surface area contributed by atoms with Gasteiger partial charge in [-0.25, -0.2) is 4.79 Å². The Morgan fingerprint density at radius 3 is 2.18 bits per heavy atom. The molecule has 1 fully saturated rings. The molecule has 1 unspecified atom stereocenters. The van der Waals surface area contributed by atoms with Crippen molar-refractivity contribution in [1.82, 2.24) is 9.96 Å². The van der Waals surface area contributed by atoms with Crippen molar-refractivity contribution in [1.29, 1.82) is 0 Å².